The van der Waals surface area contributed by atoms with Crippen LogP contribution in [0.1, 0.15) is 101 Å². The molecule has 202 valence electrons. The first-order valence-electron chi connectivity index (χ1n) is 13.6. The Morgan fingerprint density at radius 3 is 1.91 bits per heavy atom. The molecule has 2 aliphatic carbocycles. The van der Waals surface area contributed by atoms with Crippen LogP contribution in [0.25, 0.3) is 0 Å². The summed E-state index contributed by atoms with van der Waals surface area (Å²) < 4.78 is 18.5. The predicted octanol–water partition coefficient (Wildman–Crippen LogP) is 7.45. The van der Waals surface area contributed by atoms with Crippen molar-refractivity contribution in [3.63, 3.8) is 0 Å². The van der Waals surface area contributed by atoms with E-state index in [2.05, 4.69) is 48.5 Å². The Morgan fingerprint density at radius 2 is 1.46 bits per heavy atom. The number of hydrogen-bond acceptors (Lipinski definition) is 5. The maximum atomic E-state index is 13.7. The monoisotopic (exact) mass is 508 g/mol. The summed E-state index contributed by atoms with van der Waals surface area (Å²) in [5.41, 5.74) is 1.09. The molecule has 0 bridgehead atoms. The Kier molecular flexibility index (Phi) is 9.66. The molecule has 0 N–H and O–H groups in total. The number of ether oxygens (including phenoxy) is 2. The van der Waals surface area contributed by atoms with Gasteiger partial charge in [0, 0.05) is 49.4 Å². The first-order chi connectivity index (χ1) is 16.1. The van der Waals surface area contributed by atoms with Crippen LogP contribution in [0, 0.1) is 22.7 Å². The van der Waals surface area contributed by atoms with Crippen LogP contribution in [0.2, 0.25) is 16.6 Å². The summed E-state index contributed by atoms with van der Waals surface area (Å²) in [7, 11) is 1.09. The Labute approximate surface area is 215 Å². The molecule has 0 aliphatic heterocycles. The minimum Gasteiger partial charge on any atom is -0.545 e. The second kappa shape index (κ2) is 11.2. The number of rotatable bonds is 10. The van der Waals surface area contributed by atoms with Gasteiger partial charge in [0.1, 0.15) is 5.78 Å². The van der Waals surface area contributed by atoms with E-state index in [1.165, 1.54) is 0 Å². The molecule has 35 heavy (non-hydrogen) atoms. The fourth-order valence-corrected chi connectivity index (χ4v) is 12.8. The number of carbonyl (C=O) groups excluding carboxylic acids is 2. The maximum Gasteiger partial charge on any atom is 0.258 e. The van der Waals surface area contributed by atoms with Crippen molar-refractivity contribution in [2.75, 3.05) is 14.2 Å². The first kappa shape index (κ1) is 30.2. The summed E-state index contributed by atoms with van der Waals surface area (Å²) in [5, 5.41) is 0. The van der Waals surface area contributed by atoms with Crippen molar-refractivity contribution >= 4 is 19.9 Å². The van der Waals surface area contributed by atoms with E-state index in [-0.39, 0.29) is 23.4 Å². The van der Waals surface area contributed by atoms with E-state index in [4.69, 9.17) is 13.9 Å². The van der Waals surface area contributed by atoms with Crippen LogP contribution >= 0.6 is 0 Å². The van der Waals surface area contributed by atoms with Gasteiger partial charge in [-0.15, -0.1) is 0 Å². The van der Waals surface area contributed by atoms with Crippen LogP contribution in [0.15, 0.2) is 11.3 Å². The van der Waals surface area contributed by atoms with Gasteiger partial charge in [0.05, 0.1) is 5.76 Å². The third-order valence-electron chi connectivity index (χ3n) is 9.61. The molecule has 0 spiro atoms. The third kappa shape index (κ3) is 5.36. The molecule has 1 fully saturated rings. The third-order valence-corrected chi connectivity index (χ3v) is 15.6. The average Bonchev–Trinajstić information content (AvgIpc) is 2.75. The number of Topliss-reactive ketones (excluding diaryl/α,β-unsaturated/α-hetero) is 2. The molecule has 0 saturated heterocycles. The molecular formula is C29H52O5Si. The van der Waals surface area contributed by atoms with Crippen LogP contribution in [0.5, 0.6) is 0 Å². The molecule has 0 aromatic rings. The van der Waals surface area contributed by atoms with E-state index in [1.54, 1.807) is 14.2 Å². The van der Waals surface area contributed by atoms with Crippen molar-refractivity contribution in [1.29, 1.82) is 0 Å². The lowest BCUT2D eigenvalue weighted by Crippen LogP contribution is -2.51. The molecule has 2 rings (SSSR count). The molecule has 0 aromatic carbocycles. The van der Waals surface area contributed by atoms with Gasteiger partial charge in [0.25, 0.3) is 8.32 Å². The molecule has 0 heterocycles. The summed E-state index contributed by atoms with van der Waals surface area (Å²) in [6.07, 6.45) is 3.21. The minimum atomic E-state index is -2.20. The average molecular weight is 509 g/mol. The predicted molar refractivity (Wildman–Crippen MR) is 145 cm³/mol. The topological polar surface area (TPSA) is 61.8 Å². The van der Waals surface area contributed by atoms with Gasteiger partial charge in [-0.2, -0.15) is 0 Å². The number of ketones is 2. The zero-order chi connectivity index (χ0) is 26.9. The molecule has 1 unspecified atom stereocenters. The van der Waals surface area contributed by atoms with Gasteiger partial charge in [-0.3, -0.25) is 9.59 Å². The summed E-state index contributed by atoms with van der Waals surface area (Å²) in [6, 6.07) is 0. The quantitative estimate of drug-likeness (QED) is 0.226. The smallest absolute Gasteiger partial charge is 0.258 e. The van der Waals surface area contributed by atoms with Crippen LogP contribution < -0.4 is 0 Å². The molecule has 0 amide bonds. The van der Waals surface area contributed by atoms with Gasteiger partial charge in [0.15, 0.2) is 12.1 Å². The lowest BCUT2D eigenvalue weighted by atomic mass is 9.58. The maximum absolute atomic E-state index is 13.7. The van der Waals surface area contributed by atoms with Gasteiger partial charge in [-0.1, -0.05) is 62.3 Å². The number of hydrogen-bond donors (Lipinski definition) is 0. The summed E-state index contributed by atoms with van der Waals surface area (Å²) >= 11 is 0. The first-order valence-corrected chi connectivity index (χ1v) is 15.8. The number of allylic oxidation sites excluding steroid dienone is 2. The van der Waals surface area contributed by atoms with Crippen molar-refractivity contribution in [3.8, 4) is 0 Å². The number of methoxy groups -OCH3 is 2. The van der Waals surface area contributed by atoms with Crippen LogP contribution in [-0.4, -0.2) is 40.4 Å². The van der Waals surface area contributed by atoms with Gasteiger partial charge in [0.2, 0.25) is 0 Å². The molecule has 0 radical (unpaired) electrons. The minimum absolute atomic E-state index is 0.0209. The van der Waals surface area contributed by atoms with Crippen molar-refractivity contribution in [2.45, 2.75) is 124 Å². The van der Waals surface area contributed by atoms with Gasteiger partial charge in [-0.25, -0.2) is 0 Å². The van der Waals surface area contributed by atoms with Crippen LogP contribution in [0.3, 0.4) is 0 Å². The van der Waals surface area contributed by atoms with Crippen LogP contribution in [-0.2, 0) is 23.5 Å². The normalized spacial score (nSPS) is 28.1. The Hall–Kier alpha value is -0.983. The standard InChI is InChI=1S/C29H52O5Si/c1-18(2)35(19(3)4,20(5)6)34-25-17-22(28(8,9)26(31)21(25)7)16-23-24(30)14-13-15-29(23,10)27(32-11)33-12/h18-20,22-23,27H,13-17H2,1-12H3/t22-,23?,29-/m1/s1. The highest BCUT2D eigenvalue weighted by molar-refractivity contribution is 6.77. The van der Waals surface area contributed by atoms with Gasteiger partial charge in [-0.05, 0) is 48.7 Å². The fraction of sp³-hybridized carbons (Fsp3) is 0.862. The van der Waals surface area contributed by atoms with E-state index >= 15 is 0 Å². The molecule has 6 heteroatoms. The lowest BCUT2D eigenvalue weighted by Gasteiger charge is -2.49. The molecule has 3 atom stereocenters. The van der Waals surface area contributed by atoms with Gasteiger partial charge >= 0.3 is 0 Å². The van der Waals surface area contributed by atoms with E-state index in [0.29, 0.717) is 35.9 Å². The largest absolute Gasteiger partial charge is 0.545 e. The van der Waals surface area contributed by atoms with Crippen molar-refractivity contribution in [3.05, 3.63) is 11.3 Å². The second-order valence-corrected chi connectivity index (χ2v) is 18.2. The summed E-state index contributed by atoms with van der Waals surface area (Å²) in [6.45, 7) is 21.8. The molecular weight excluding hydrogens is 456 g/mol. The van der Waals surface area contributed by atoms with Crippen molar-refractivity contribution in [2.24, 2.45) is 22.7 Å². The van der Waals surface area contributed by atoms with Gasteiger partial charge < -0.3 is 13.9 Å². The molecule has 0 aromatic heterocycles. The molecule has 5 nitrogen and oxygen atoms in total. The summed E-state index contributed by atoms with van der Waals surface area (Å²) in [5.74, 6) is 1.11. The van der Waals surface area contributed by atoms with E-state index in [0.717, 1.165) is 24.2 Å². The SMILES string of the molecule is COC(OC)[C@]1(C)CCCC(=O)C1C[C@@H]1CC(O[Si](C(C)C)(C(C)C)C(C)C)=C(C)C(=O)C1(C)C. The fourth-order valence-electron chi connectivity index (χ4n) is 7.45. The van der Waals surface area contributed by atoms with E-state index in [9.17, 15) is 9.59 Å². The Morgan fingerprint density at radius 1 is 0.943 bits per heavy atom. The lowest BCUT2D eigenvalue weighted by molar-refractivity contribution is -0.202. The zero-order valence-corrected chi connectivity index (χ0v) is 25.5. The highest BCUT2D eigenvalue weighted by atomic mass is 28.4. The Balaban J connectivity index is 2.49. The highest BCUT2D eigenvalue weighted by Crippen LogP contribution is 2.53. The highest BCUT2D eigenvalue weighted by Gasteiger charge is 2.53. The Bertz CT molecular complexity index is 786. The van der Waals surface area contributed by atoms with Crippen LogP contribution in [0.4, 0.5) is 0 Å². The molecule has 1 saturated carbocycles. The molecule has 2 aliphatic rings. The second-order valence-electron chi connectivity index (χ2n) is 12.8. The zero-order valence-electron chi connectivity index (χ0n) is 24.5. The van der Waals surface area contributed by atoms with E-state index < -0.39 is 25.4 Å². The van der Waals surface area contributed by atoms with Crippen molar-refractivity contribution in [1.82, 2.24) is 0 Å². The van der Waals surface area contributed by atoms with E-state index in [1.807, 2.05) is 20.8 Å². The number of carbonyl (C=O) groups is 2. The van der Waals surface area contributed by atoms with Crippen molar-refractivity contribution < 1.29 is 23.5 Å². The summed E-state index contributed by atoms with van der Waals surface area (Å²) in [4.78, 5) is 27.1.